The quantitative estimate of drug-likeness (QED) is 0.504. The van der Waals surface area contributed by atoms with Gasteiger partial charge in [0, 0.05) is 36.1 Å². The number of benzene rings is 1. The number of ether oxygens (including phenoxy) is 1. The SMILES string of the molecule is Cc1cc(-c2ncccn2)c(C)nc1OCc1c(C)cccc1-n1nnn(C)c1=O. The Hall–Kier alpha value is -3.88. The Bertz CT molecular complexity index is 1260. The second-order valence-electron chi connectivity index (χ2n) is 6.97. The van der Waals surface area contributed by atoms with E-state index in [9.17, 15) is 4.79 Å². The van der Waals surface area contributed by atoms with Gasteiger partial charge in [-0.05, 0) is 55.0 Å². The summed E-state index contributed by atoms with van der Waals surface area (Å²) in [6.07, 6.45) is 3.41. The number of aromatic nitrogens is 7. The van der Waals surface area contributed by atoms with Gasteiger partial charge in [-0.25, -0.2) is 19.7 Å². The van der Waals surface area contributed by atoms with Crippen molar-refractivity contribution in [1.82, 2.24) is 34.7 Å². The maximum Gasteiger partial charge on any atom is 0.368 e. The van der Waals surface area contributed by atoms with Gasteiger partial charge >= 0.3 is 5.69 Å². The third-order valence-electron chi connectivity index (χ3n) is 4.85. The molecule has 4 aromatic rings. The van der Waals surface area contributed by atoms with Crippen LogP contribution in [0.1, 0.15) is 22.4 Å². The average Bonchev–Trinajstić information content (AvgIpc) is 3.08. The van der Waals surface area contributed by atoms with Gasteiger partial charge in [-0.2, -0.15) is 9.36 Å². The Morgan fingerprint density at radius 3 is 2.47 bits per heavy atom. The zero-order valence-electron chi connectivity index (χ0n) is 17.2. The molecule has 3 heterocycles. The molecule has 0 aliphatic carbocycles. The Kier molecular flexibility index (Phi) is 5.09. The van der Waals surface area contributed by atoms with Gasteiger partial charge in [0.25, 0.3) is 0 Å². The number of nitrogens with zero attached hydrogens (tertiary/aromatic N) is 7. The Balaban J connectivity index is 1.66. The van der Waals surface area contributed by atoms with Crippen LogP contribution in [0.5, 0.6) is 5.88 Å². The van der Waals surface area contributed by atoms with Crippen molar-refractivity contribution in [2.24, 2.45) is 7.05 Å². The van der Waals surface area contributed by atoms with Gasteiger partial charge in [0.05, 0.1) is 11.4 Å². The molecule has 0 unspecified atom stereocenters. The maximum absolute atomic E-state index is 12.3. The molecule has 0 N–H and O–H groups in total. The first-order valence-electron chi connectivity index (χ1n) is 9.42. The predicted molar refractivity (Wildman–Crippen MR) is 110 cm³/mol. The fourth-order valence-corrected chi connectivity index (χ4v) is 3.17. The van der Waals surface area contributed by atoms with Crippen LogP contribution in [-0.4, -0.2) is 34.7 Å². The van der Waals surface area contributed by atoms with E-state index in [2.05, 4.69) is 25.4 Å². The smallest absolute Gasteiger partial charge is 0.368 e. The average molecular weight is 403 g/mol. The molecule has 4 rings (SSSR count). The van der Waals surface area contributed by atoms with Crippen LogP contribution in [0.2, 0.25) is 0 Å². The van der Waals surface area contributed by atoms with E-state index in [1.807, 2.05) is 45.0 Å². The van der Waals surface area contributed by atoms with Gasteiger partial charge < -0.3 is 4.74 Å². The standard InChI is InChI=1S/C21H21N7O2/c1-13-7-5-8-18(28-21(29)27(4)25-26-28)17(13)12-30-20-14(2)11-16(15(3)24-20)19-22-9-6-10-23-19/h5-11H,12H2,1-4H3. The monoisotopic (exact) mass is 403 g/mol. The lowest BCUT2D eigenvalue weighted by Crippen LogP contribution is -2.23. The molecule has 0 saturated heterocycles. The first kappa shape index (κ1) is 19.4. The molecule has 0 spiro atoms. The Morgan fingerprint density at radius 1 is 1.00 bits per heavy atom. The van der Waals surface area contributed by atoms with Crippen LogP contribution in [0, 0.1) is 20.8 Å². The van der Waals surface area contributed by atoms with Crippen molar-refractivity contribution in [1.29, 1.82) is 0 Å². The number of pyridine rings is 1. The summed E-state index contributed by atoms with van der Waals surface area (Å²) in [6.45, 7) is 6.03. The predicted octanol–water partition coefficient (Wildman–Crippen LogP) is 2.32. The van der Waals surface area contributed by atoms with Crippen LogP contribution in [0.25, 0.3) is 17.1 Å². The van der Waals surface area contributed by atoms with Crippen molar-refractivity contribution in [2.45, 2.75) is 27.4 Å². The number of hydrogen-bond donors (Lipinski definition) is 0. The summed E-state index contributed by atoms with van der Waals surface area (Å²) in [5.41, 5.74) is 4.65. The molecule has 0 aliphatic heterocycles. The lowest BCUT2D eigenvalue weighted by Gasteiger charge is -2.15. The fraction of sp³-hybridized carbons (Fsp3) is 0.238. The third kappa shape index (κ3) is 3.57. The molecule has 0 saturated carbocycles. The fourth-order valence-electron chi connectivity index (χ4n) is 3.17. The van der Waals surface area contributed by atoms with Crippen LogP contribution in [0.3, 0.4) is 0 Å². The van der Waals surface area contributed by atoms with Crippen molar-refractivity contribution in [3.63, 3.8) is 0 Å². The van der Waals surface area contributed by atoms with Gasteiger partial charge in [0.2, 0.25) is 5.88 Å². The van der Waals surface area contributed by atoms with Gasteiger partial charge in [-0.15, -0.1) is 0 Å². The van der Waals surface area contributed by atoms with Crippen molar-refractivity contribution in [3.8, 4) is 23.0 Å². The van der Waals surface area contributed by atoms with E-state index in [1.165, 1.54) is 9.36 Å². The highest BCUT2D eigenvalue weighted by Crippen LogP contribution is 2.26. The minimum Gasteiger partial charge on any atom is -0.473 e. The first-order valence-corrected chi connectivity index (χ1v) is 9.42. The zero-order chi connectivity index (χ0) is 21.3. The lowest BCUT2D eigenvalue weighted by molar-refractivity contribution is 0.290. The third-order valence-corrected chi connectivity index (χ3v) is 4.85. The molecule has 9 heteroatoms. The summed E-state index contributed by atoms with van der Waals surface area (Å²) in [7, 11) is 1.56. The second kappa shape index (κ2) is 7.86. The van der Waals surface area contributed by atoms with Crippen LogP contribution >= 0.6 is 0 Å². The Morgan fingerprint density at radius 2 is 1.77 bits per heavy atom. The molecule has 9 nitrogen and oxygen atoms in total. The number of rotatable bonds is 5. The van der Waals surface area contributed by atoms with Crippen LogP contribution in [-0.2, 0) is 13.7 Å². The van der Waals surface area contributed by atoms with Crippen molar-refractivity contribution in [2.75, 3.05) is 0 Å². The zero-order valence-corrected chi connectivity index (χ0v) is 17.2. The summed E-state index contributed by atoms with van der Waals surface area (Å²) in [5.74, 6) is 1.15. The van der Waals surface area contributed by atoms with Crippen molar-refractivity contribution in [3.05, 3.63) is 75.6 Å². The van der Waals surface area contributed by atoms with Crippen LogP contribution in [0.4, 0.5) is 0 Å². The van der Waals surface area contributed by atoms with Crippen LogP contribution in [0.15, 0.2) is 47.5 Å². The molecule has 0 amide bonds. The van der Waals surface area contributed by atoms with Crippen molar-refractivity contribution < 1.29 is 4.74 Å². The van der Waals surface area contributed by atoms with E-state index in [-0.39, 0.29) is 12.3 Å². The largest absolute Gasteiger partial charge is 0.473 e. The minimum atomic E-state index is -0.320. The lowest BCUT2D eigenvalue weighted by atomic mass is 10.1. The van der Waals surface area contributed by atoms with E-state index in [1.54, 1.807) is 25.5 Å². The Labute approximate surface area is 173 Å². The number of aryl methyl sites for hydroxylation is 4. The molecular formula is C21H21N7O2. The highest BCUT2D eigenvalue weighted by atomic mass is 16.5. The normalized spacial score (nSPS) is 10.9. The molecule has 152 valence electrons. The minimum absolute atomic E-state index is 0.236. The molecule has 0 aliphatic rings. The van der Waals surface area contributed by atoms with E-state index in [4.69, 9.17) is 4.74 Å². The maximum atomic E-state index is 12.3. The van der Waals surface area contributed by atoms with Crippen LogP contribution < -0.4 is 10.4 Å². The molecular weight excluding hydrogens is 382 g/mol. The highest BCUT2D eigenvalue weighted by molar-refractivity contribution is 5.60. The summed E-state index contributed by atoms with van der Waals surface area (Å²) in [5, 5.41) is 7.75. The van der Waals surface area contributed by atoms with E-state index in [0.29, 0.717) is 17.4 Å². The molecule has 1 aromatic carbocycles. The number of hydrogen-bond acceptors (Lipinski definition) is 7. The summed E-state index contributed by atoms with van der Waals surface area (Å²) in [4.78, 5) is 25.5. The summed E-state index contributed by atoms with van der Waals surface area (Å²) >= 11 is 0. The first-order chi connectivity index (χ1) is 14.5. The number of tetrazole rings is 1. The molecule has 0 radical (unpaired) electrons. The van der Waals surface area contributed by atoms with E-state index < -0.39 is 0 Å². The molecule has 0 bridgehead atoms. The molecule has 30 heavy (non-hydrogen) atoms. The van der Waals surface area contributed by atoms with E-state index in [0.717, 1.165) is 27.9 Å². The van der Waals surface area contributed by atoms with Gasteiger partial charge in [-0.1, -0.05) is 12.1 Å². The second-order valence-corrected chi connectivity index (χ2v) is 6.97. The van der Waals surface area contributed by atoms with E-state index >= 15 is 0 Å². The van der Waals surface area contributed by atoms with Gasteiger partial charge in [0.1, 0.15) is 6.61 Å². The molecule has 0 fully saturated rings. The summed E-state index contributed by atoms with van der Waals surface area (Å²) < 4.78 is 8.52. The van der Waals surface area contributed by atoms with Crippen molar-refractivity contribution >= 4 is 0 Å². The van der Waals surface area contributed by atoms with Gasteiger partial charge in [0.15, 0.2) is 5.82 Å². The molecule has 3 aromatic heterocycles. The van der Waals surface area contributed by atoms with Gasteiger partial charge in [-0.3, -0.25) is 0 Å². The highest BCUT2D eigenvalue weighted by Gasteiger charge is 2.16. The molecule has 0 atom stereocenters. The topological polar surface area (TPSA) is 101 Å². The summed E-state index contributed by atoms with van der Waals surface area (Å²) in [6, 6.07) is 9.41.